The van der Waals surface area contributed by atoms with Crippen LogP contribution in [0.2, 0.25) is 0 Å². The molecule has 3 heteroatoms. The fourth-order valence-corrected chi connectivity index (χ4v) is 8.11. The van der Waals surface area contributed by atoms with Crippen LogP contribution in [0.5, 0.6) is 0 Å². The molecule has 6 aromatic carbocycles. The fraction of sp³-hybridized carbons (Fsp3) is 0.0571. The monoisotopic (exact) mass is 507 g/mol. The van der Waals surface area contributed by atoms with E-state index in [1.807, 2.05) is 6.08 Å². The molecule has 2 nitrogen and oxygen atoms in total. The maximum Gasteiger partial charge on any atom is 0.0572 e. The summed E-state index contributed by atoms with van der Waals surface area (Å²) in [6.45, 7) is 0. The Morgan fingerprint density at radius 3 is 1.87 bits per heavy atom. The van der Waals surface area contributed by atoms with Gasteiger partial charge in [0.2, 0.25) is 0 Å². The number of benzene rings is 6. The Morgan fingerprint density at radius 1 is 0.684 bits per heavy atom. The quantitative estimate of drug-likeness (QED) is 0.173. The van der Waals surface area contributed by atoms with Crippen molar-refractivity contribution in [1.82, 2.24) is 4.57 Å². The minimum Gasteiger partial charge on any atom is -0.333 e. The molecule has 0 saturated heterocycles. The van der Waals surface area contributed by atoms with Gasteiger partial charge < -0.3 is 4.57 Å². The minimum atomic E-state index is -2.69. The first kappa shape index (κ1) is 21.7. The summed E-state index contributed by atoms with van der Waals surface area (Å²) in [4.78, 5) is 1.69. The predicted molar refractivity (Wildman–Crippen MR) is 164 cm³/mol. The second kappa shape index (κ2) is 7.83. The highest BCUT2D eigenvalue weighted by Gasteiger charge is 2.24. The van der Waals surface area contributed by atoms with Crippen molar-refractivity contribution in [1.29, 1.82) is 0 Å². The highest BCUT2D eigenvalue weighted by atomic mass is 32.2. The van der Waals surface area contributed by atoms with Crippen LogP contribution in [0.15, 0.2) is 131 Å². The van der Waals surface area contributed by atoms with Gasteiger partial charge in [0.05, 0.1) is 6.04 Å². The number of para-hydroxylation sites is 2. The van der Waals surface area contributed by atoms with E-state index in [4.69, 9.17) is 0 Å². The Bertz CT molecular complexity index is 2110. The van der Waals surface area contributed by atoms with Crippen molar-refractivity contribution in [3.05, 3.63) is 126 Å². The summed E-state index contributed by atoms with van der Waals surface area (Å²) in [5, 5.41) is 9.70. The van der Waals surface area contributed by atoms with E-state index >= 15 is 0 Å². The molecule has 38 heavy (non-hydrogen) atoms. The Labute approximate surface area is 221 Å². The number of hydrogen-bond acceptors (Lipinski definition) is 1. The third-order valence-corrected chi connectivity index (χ3v) is 10.4. The molecule has 8 rings (SSSR count). The van der Waals surface area contributed by atoms with Gasteiger partial charge in [-0.25, -0.2) is 0 Å². The van der Waals surface area contributed by atoms with Gasteiger partial charge in [-0.1, -0.05) is 97.1 Å². The van der Waals surface area contributed by atoms with Crippen LogP contribution < -0.4 is 0 Å². The van der Waals surface area contributed by atoms with Crippen LogP contribution in [0.3, 0.4) is 0 Å². The molecule has 182 valence electrons. The average molecular weight is 508 g/mol. The second-order valence-electron chi connectivity index (χ2n) is 10.3. The molecule has 1 aliphatic rings. The van der Waals surface area contributed by atoms with Crippen molar-refractivity contribution in [2.75, 3.05) is 0 Å². The predicted octanol–water partition coefficient (Wildman–Crippen LogP) is 8.85. The third kappa shape index (κ3) is 3.00. The van der Waals surface area contributed by atoms with Crippen molar-refractivity contribution in [2.24, 2.45) is 0 Å². The molecule has 2 atom stereocenters. The lowest BCUT2D eigenvalue weighted by Gasteiger charge is -2.25. The van der Waals surface area contributed by atoms with Crippen LogP contribution in [-0.2, 0) is 9.52 Å². The van der Waals surface area contributed by atoms with Crippen molar-refractivity contribution in [3.8, 4) is 0 Å². The first-order chi connectivity index (χ1) is 18.6. The van der Waals surface area contributed by atoms with E-state index in [1.54, 1.807) is 0 Å². The first-order valence-electron chi connectivity index (χ1n) is 13.0. The van der Waals surface area contributed by atoms with Crippen molar-refractivity contribution in [3.63, 3.8) is 0 Å². The molecule has 1 heterocycles. The minimum absolute atomic E-state index is 0.0626. The van der Waals surface area contributed by atoms with Gasteiger partial charge in [0.1, 0.15) is 0 Å². The van der Waals surface area contributed by atoms with Gasteiger partial charge in [-0.15, -0.1) is 0 Å². The van der Waals surface area contributed by atoms with Crippen LogP contribution in [-0.4, -0.2) is 14.6 Å². The summed E-state index contributed by atoms with van der Waals surface area (Å²) in [5.41, 5.74) is 2.39. The lowest BCUT2D eigenvalue weighted by atomic mass is 9.94. The molecule has 0 bridgehead atoms. The molecule has 1 aliphatic carbocycles. The van der Waals surface area contributed by atoms with Crippen molar-refractivity contribution >= 4 is 69.5 Å². The van der Waals surface area contributed by atoms with E-state index in [0.717, 1.165) is 20.6 Å². The topological polar surface area (TPSA) is 22.0 Å². The standard InChI is InChI=1S/C35H25NOS/c1-38(37,29-20-25-18-16-23-8-6-9-24-17-19-26(21-29)35(25)34(23)24)28-11-7-10-27(22-28)36-32-14-4-2-12-30(32)31-13-3-5-15-33(31)36/h2-21,27H,1,22H2. The second-order valence-corrected chi connectivity index (χ2v) is 12.7. The third-order valence-electron chi connectivity index (χ3n) is 8.22. The molecule has 0 fully saturated rings. The van der Waals surface area contributed by atoms with Crippen molar-refractivity contribution < 1.29 is 4.21 Å². The van der Waals surface area contributed by atoms with E-state index in [1.165, 1.54) is 43.4 Å². The van der Waals surface area contributed by atoms with Gasteiger partial charge in [0.15, 0.2) is 0 Å². The Morgan fingerprint density at radius 2 is 1.24 bits per heavy atom. The van der Waals surface area contributed by atoms with E-state index in [2.05, 4.69) is 126 Å². The number of aromatic nitrogens is 1. The molecular formula is C35H25NOS. The van der Waals surface area contributed by atoms with Gasteiger partial charge in [0, 0.05) is 47.5 Å². The van der Waals surface area contributed by atoms with Gasteiger partial charge in [-0.2, -0.15) is 0 Å². The summed E-state index contributed by atoms with van der Waals surface area (Å²) in [6.07, 6.45) is 6.96. The zero-order valence-corrected chi connectivity index (χ0v) is 21.6. The maximum atomic E-state index is 14.5. The number of rotatable bonds is 3. The highest BCUT2D eigenvalue weighted by Crippen LogP contribution is 2.40. The Kier molecular flexibility index (Phi) is 4.48. The van der Waals surface area contributed by atoms with Gasteiger partial charge in [-0.05, 0) is 62.5 Å². The summed E-state index contributed by atoms with van der Waals surface area (Å²) < 4.78 is 16.9. The van der Waals surface area contributed by atoms with Crippen LogP contribution >= 0.6 is 0 Å². The molecule has 0 aliphatic heterocycles. The van der Waals surface area contributed by atoms with Crippen LogP contribution in [0, 0.1) is 0 Å². The molecule has 0 amide bonds. The highest BCUT2D eigenvalue weighted by molar-refractivity contribution is 8.03. The normalized spacial score (nSPS) is 17.6. The smallest absolute Gasteiger partial charge is 0.0572 e. The number of nitrogens with zero attached hydrogens (tertiary/aromatic N) is 1. The number of hydrogen-bond donors (Lipinski definition) is 0. The summed E-state index contributed by atoms with van der Waals surface area (Å²) >= 11 is 0. The maximum absolute atomic E-state index is 14.5. The lowest BCUT2D eigenvalue weighted by Crippen LogP contribution is -2.14. The SMILES string of the molecule is C=S(=O)(C1=CC=CC(n2c3ccccc3c3ccccc32)C1)c1cc2ccc3cccc4ccc(c1)c2c34. The molecule has 1 aromatic heterocycles. The van der Waals surface area contributed by atoms with Crippen molar-refractivity contribution in [2.45, 2.75) is 17.4 Å². The first-order valence-corrected chi connectivity index (χ1v) is 14.7. The van der Waals surface area contributed by atoms with Crippen LogP contribution in [0.4, 0.5) is 0 Å². The lowest BCUT2D eigenvalue weighted by molar-refractivity contribution is 0.634. The molecule has 0 N–H and O–H groups in total. The molecule has 7 aromatic rings. The molecular weight excluding hydrogens is 482 g/mol. The van der Waals surface area contributed by atoms with Crippen LogP contribution in [0.25, 0.3) is 54.1 Å². The van der Waals surface area contributed by atoms with E-state index in [0.29, 0.717) is 6.42 Å². The Balaban J connectivity index is 1.25. The molecule has 2 unspecified atom stereocenters. The Hall–Kier alpha value is -4.34. The van der Waals surface area contributed by atoms with E-state index in [-0.39, 0.29) is 6.04 Å². The largest absolute Gasteiger partial charge is 0.333 e. The molecule has 0 saturated carbocycles. The average Bonchev–Trinajstić information content (AvgIpc) is 3.30. The van der Waals surface area contributed by atoms with E-state index in [9.17, 15) is 4.21 Å². The van der Waals surface area contributed by atoms with Crippen LogP contribution in [0.1, 0.15) is 12.5 Å². The molecule has 0 radical (unpaired) electrons. The van der Waals surface area contributed by atoms with Gasteiger partial charge >= 0.3 is 0 Å². The van der Waals surface area contributed by atoms with Gasteiger partial charge in [0.25, 0.3) is 0 Å². The van der Waals surface area contributed by atoms with Gasteiger partial charge in [-0.3, -0.25) is 4.21 Å². The summed E-state index contributed by atoms with van der Waals surface area (Å²) in [7, 11) is -2.69. The fourth-order valence-electron chi connectivity index (χ4n) is 6.43. The number of fused-ring (bicyclic) bond motifs is 3. The zero-order chi connectivity index (χ0) is 25.4. The molecule has 0 spiro atoms. The summed E-state index contributed by atoms with van der Waals surface area (Å²) in [5.74, 6) is 4.36. The zero-order valence-electron chi connectivity index (χ0n) is 20.8. The summed E-state index contributed by atoms with van der Waals surface area (Å²) in [6, 6.07) is 36.4. The number of allylic oxidation sites excluding steroid dienone is 4. The van der Waals surface area contributed by atoms with E-state index < -0.39 is 9.52 Å².